The quantitative estimate of drug-likeness (QED) is 0.699. The first-order valence-corrected chi connectivity index (χ1v) is 7.62. The summed E-state index contributed by atoms with van der Waals surface area (Å²) in [4.78, 5) is 15.0. The highest BCUT2D eigenvalue weighted by atomic mass is 35.5. The summed E-state index contributed by atoms with van der Waals surface area (Å²) in [5, 5.41) is 14.9. The number of carbonyl (C=O) groups excluding carboxylic acids is 1. The second-order valence-corrected chi connectivity index (χ2v) is 5.46. The van der Waals surface area contributed by atoms with Crippen molar-refractivity contribution in [3.05, 3.63) is 65.5 Å². The van der Waals surface area contributed by atoms with Crippen molar-refractivity contribution in [1.82, 2.24) is 10.1 Å². The number of carbonyl (C=O) groups is 1. The van der Waals surface area contributed by atoms with Gasteiger partial charge in [0, 0.05) is 5.56 Å². The summed E-state index contributed by atoms with van der Waals surface area (Å²) in [5.41, 5.74) is 1.51. The molecule has 3 rings (SSSR count). The Kier molecular flexibility index (Phi) is 4.81. The van der Waals surface area contributed by atoms with Crippen LogP contribution in [0, 0.1) is 0 Å². The molecule has 0 radical (unpaired) electrons. The fourth-order valence-electron chi connectivity index (χ4n) is 2.12. The first-order chi connectivity index (χ1) is 12.1. The van der Waals surface area contributed by atoms with Crippen molar-refractivity contribution >= 4 is 28.7 Å². The van der Waals surface area contributed by atoms with E-state index in [9.17, 15) is 9.90 Å². The van der Waals surface area contributed by atoms with Gasteiger partial charge in [-0.1, -0.05) is 53.2 Å². The third-order valence-electron chi connectivity index (χ3n) is 3.40. The van der Waals surface area contributed by atoms with E-state index in [2.05, 4.69) is 10.1 Å². The first-order valence-electron chi connectivity index (χ1n) is 7.24. The van der Waals surface area contributed by atoms with Crippen LogP contribution in [0.2, 0.25) is 0 Å². The zero-order chi connectivity index (χ0) is 17.8. The number of carboxylic acid groups (broad SMARTS) is 1. The molecule has 0 amide bonds. The lowest BCUT2D eigenvalue weighted by molar-refractivity contribution is -0.255. The van der Waals surface area contributed by atoms with Crippen LogP contribution in [0.15, 0.2) is 53.1 Å². The van der Waals surface area contributed by atoms with Crippen molar-refractivity contribution in [2.24, 2.45) is 0 Å². The molecule has 2 aromatic carbocycles. The number of hydrogen-bond acceptors (Lipinski definition) is 6. The molecule has 3 aromatic rings. The lowest BCUT2D eigenvalue weighted by atomic mass is 10.1. The van der Waals surface area contributed by atoms with Crippen LogP contribution in [0.4, 0.5) is 0 Å². The molecule has 6 nitrogen and oxygen atoms in total. The number of aromatic carboxylic acids is 1. The smallest absolute Gasteiger partial charge is 0.269 e. The van der Waals surface area contributed by atoms with Gasteiger partial charge in [0.15, 0.2) is 0 Å². The summed E-state index contributed by atoms with van der Waals surface area (Å²) in [6.45, 7) is 0. The van der Waals surface area contributed by atoms with Crippen molar-refractivity contribution in [2.45, 2.75) is 0 Å². The van der Waals surface area contributed by atoms with E-state index in [0.717, 1.165) is 5.56 Å². The average Bonchev–Trinajstić information content (AvgIpc) is 3.12. The van der Waals surface area contributed by atoms with E-state index < -0.39 is 5.97 Å². The minimum absolute atomic E-state index is 0.0892. The van der Waals surface area contributed by atoms with Gasteiger partial charge in [-0.05, 0) is 29.3 Å². The van der Waals surface area contributed by atoms with Gasteiger partial charge >= 0.3 is 0 Å². The van der Waals surface area contributed by atoms with Gasteiger partial charge in [-0.15, -0.1) is 0 Å². The molecule has 7 heteroatoms. The van der Waals surface area contributed by atoms with Gasteiger partial charge in [0.2, 0.25) is 5.82 Å². The highest BCUT2D eigenvalue weighted by Gasteiger charge is 2.12. The highest BCUT2D eigenvalue weighted by molar-refractivity contribution is 6.50. The summed E-state index contributed by atoms with van der Waals surface area (Å²) >= 11 is 6.21. The Morgan fingerprint density at radius 3 is 2.68 bits per heavy atom. The van der Waals surface area contributed by atoms with Gasteiger partial charge in [0.25, 0.3) is 5.89 Å². The normalized spacial score (nSPS) is 11.4. The molecule has 0 saturated heterocycles. The van der Waals surface area contributed by atoms with E-state index in [1.54, 1.807) is 31.4 Å². The maximum absolute atomic E-state index is 10.7. The topological polar surface area (TPSA) is 88.3 Å². The number of benzene rings is 2. The van der Waals surface area contributed by atoms with Crippen LogP contribution in [0.25, 0.3) is 22.5 Å². The zero-order valence-corrected chi connectivity index (χ0v) is 13.9. The molecule has 0 spiro atoms. The van der Waals surface area contributed by atoms with E-state index in [-0.39, 0.29) is 16.5 Å². The summed E-state index contributed by atoms with van der Waals surface area (Å²) in [6, 6.07) is 13.3. The number of nitrogens with zero attached hydrogens (tertiary/aromatic N) is 2. The Morgan fingerprint density at radius 1 is 1.24 bits per heavy atom. The van der Waals surface area contributed by atoms with E-state index in [1.165, 1.54) is 12.1 Å². The molecule has 0 aliphatic rings. The molecule has 25 heavy (non-hydrogen) atoms. The molecule has 0 N–H and O–H groups in total. The SMILES string of the molecule is COc1cccc(-c2noc(/C(Cl)=C/c3ccc(C(=O)[O-])cc3)n2)c1. The molecule has 0 unspecified atom stereocenters. The number of halogens is 1. The molecule has 0 aliphatic heterocycles. The minimum Gasteiger partial charge on any atom is -0.545 e. The van der Waals surface area contributed by atoms with Crippen LogP contribution in [0.1, 0.15) is 21.8 Å². The largest absolute Gasteiger partial charge is 0.545 e. The molecular formula is C18H12ClN2O4-. The fourth-order valence-corrected chi connectivity index (χ4v) is 2.33. The number of aromatic nitrogens is 2. The monoisotopic (exact) mass is 355 g/mol. The van der Waals surface area contributed by atoms with Crippen LogP contribution < -0.4 is 9.84 Å². The molecule has 0 fully saturated rings. The van der Waals surface area contributed by atoms with Crippen molar-refractivity contribution in [2.75, 3.05) is 7.11 Å². The zero-order valence-electron chi connectivity index (χ0n) is 13.1. The van der Waals surface area contributed by atoms with Gasteiger partial charge < -0.3 is 19.2 Å². The van der Waals surface area contributed by atoms with Crippen LogP contribution in [-0.2, 0) is 0 Å². The van der Waals surface area contributed by atoms with E-state index >= 15 is 0 Å². The van der Waals surface area contributed by atoms with Gasteiger partial charge in [-0.3, -0.25) is 0 Å². The Morgan fingerprint density at radius 2 is 2.00 bits per heavy atom. The number of hydrogen-bond donors (Lipinski definition) is 0. The number of methoxy groups -OCH3 is 1. The second kappa shape index (κ2) is 7.19. The molecule has 126 valence electrons. The van der Waals surface area contributed by atoms with Crippen molar-refractivity contribution in [3.8, 4) is 17.1 Å². The van der Waals surface area contributed by atoms with Crippen molar-refractivity contribution in [3.63, 3.8) is 0 Å². The third kappa shape index (κ3) is 3.87. The fraction of sp³-hybridized carbons (Fsp3) is 0.0556. The van der Waals surface area contributed by atoms with Gasteiger partial charge in [0.05, 0.1) is 13.1 Å². The van der Waals surface area contributed by atoms with Crippen LogP contribution in [0.5, 0.6) is 5.75 Å². The predicted molar refractivity (Wildman–Crippen MR) is 90.8 cm³/mol. The second-order valence-electron chi connectivity index (χ2n) is 5.06. The molecule has 0 atom stereocenters. The van der Waals surface area contributed by atoms with Crippen LogP contribution in [0.3, 0.4) is 0 Å². The Balaban J connectivity index is 1.84. The molecule has 0 saturated carbocycles. The first kappa shape index (κ1) is 16.7. The standard InChI is InChI=1S/C18H13ClN2O4/c1-24-14-4-2-3-13(10-14)16-20-17(25-21-16)15(19)9-11-5-7-12(8-6-11)18(22)23/h2-10H,1H3,(H,22,23)/p-1/b15-9-. The van der Waals surface area contributed by atoms with Crippen molar-refractivity contribution in [1.29, 1.82) is 0 Å². The summed E-state index contributed by atoms with van der Waals surface area (Å²) in [6.07, 6.45) is 1.60. The Bertz CT molecular complexity index is 932. The number of rotatable bonds is 5. The van der Waals surface area contributed by atoms with E-state index in [1.807, 2.05) is 18.2 Å². The predicted octanol–water partition coefficient (Wildman–Crippen LogP) is 2.85. The Hall–Kier alpha value is -3.12. The summed E-state index contributed by atoms with van der Waals surface area (Å²) < 4.78 is 10.3. The third-order valence-corrected chi connectivity index (χ3v) is 3.67. The van der Waals surface area contributed by atoms with Crippen LogP contribution >= 0.6 is 11.6 Å². The molecular weight excluding hydrogens is 344 g/mol. The number of ether oxygens (including phenoxy) is 1. The van der Waals surface area contributed by atoms with Crippen molar-refractivity contribution < 1.29 is 19.2 Å². The lowest BCUT2D eigenvalue weighted by Crippen LogP contribution is -2.21. The molecule has 1 aromatic heterocycles. The molecule has 1 heterocycles. The van der Waals surface area contributed by atoms with Gasteiger partial charge in [0.1, 0.15) is 10.8 Å². The summed E-state index contributed by atoms with van der Waals surface area (Å²) in [5.74, 6) is -0.0174. The van der Waals surface area contributed by atoms with Crippen LogP contribution in [-0.4, -0.2) is 23.2 Å². The maximum Gasteiger partial charge on any atom is 0.269 e. The Labute approximate surface area is 148 Å². The van der Waals surface area contributed by atoms with Gasteiger partial charge in [-0.2, -0.15) is 4.98 Å². The average molecular weight is 356 g/mol. The lowest BCUT2D eigenvalue weighted by Gasteiger charge is -2.01. The molecule has 0 bridgehead atoms. The van der Waals surface area contributed by atoms with E-state index in [4.69, 9.17) is 20.9 Å². The maximum atomic E-state index is 10.7. The summed E-state index contributed by atoms with van der Waals surface area (Å²) in [7, 11) is 1.58. The number of carboxylic acids is 1. The highest BCUT2D eigenvalue weighted by Crippen LogP contribution is 2.25. The van der Waals surface area contributed by atoms with Gasteiger partial charge in [-0.25, -0.2) is 0 Å². The molecule has 0 aliphatic carbocycles. The minimum atomic E-state index is -1.23. The van der Waals surface area contributed by atoms with E-state index in [0.29, 0.717) is 17.1 Å².